The van der Waals surface area contributed by atoms with Crippen LogP contribution in [0.1, 0.15) is 0 Å². The van der Waals surface area contributed by atoms with Crippen LogP contribution < -0.4 is 4.90 Å². The van der Waals surface area contributed by atoms with Gasteiger partial charge in [0.15, 0.2) is 11.2 Å². The molecular weight excluding hydrogens is 623 g/mol. The van der Waals surface area contributed by atoms with Crippen molar-refractivity contribution in [3.63, 3.8) is 0 Å². The minimum absolute atomic E-state index is 0.816. The topological polar surface area (TPSA) is 29.5 Å². The summed E-state index contributed by atoms with van der Waals surface area (Å²) in [6, 6.07) is 66.0. The number of nitrogens with zero attached hydrogens (tertiary/aromatic N) is 1. The van der Waals surface area contributed by atoms with Gasteiger partial charge in [-0.2, -0.15) is 0 Å². The predicted octanol–water partition coefficient (Wildman–Crippen LogP) is 14.0. The molecule has 0 aliphatic heterocycles. The Balaban J connectivity index is 1.32. The molecule has 0 aliphatic carbocycles. The summed E-state index contributed by atoms with van der Waals surface area (Å²) in [5.41, 5.74) is 13.0. The molecule has 0 atom stereocenters. The van der Waals surface area contributed by atoms with Crippen molar-refractivity contribution in [3.05, 3.63) is 188 Å². The minimum atomic E-state index is 0.816. The van der Waals surface area contributed by atoms with Crippen LogP contribution in [0.3, 0.4) is 0 Å². The average molecular weight is 654 g/mol. The van der Waals surface area contributed by atoms with Gasteiger partial charge in [-0.15, -0.1) is 0 Å². The predicted molar refractivity (Wildman–Crippen MR) is 212 cm³/mol. The molecule has 0 amide bonds. The number of benzene rings is 8. The summed E-state index contributed by atoms with van der Waals surface area (Å²) in [4.78, 5) is 2.33. The van der Waals surface area contributed by atoms with Crippen molar-refractivity contribution in [2.24, 2.45) is 0 Å². The SMILES string of the molecule is c1ccc(-c2ccc(N(c3c(-c4ccccc4)ccc4c3oc3ccccc34)c3ccc(-c4ccccc4)c4c3oc3ccccc34)cc2)cc1. The van der Waals surface area contributed by atoms with Gasteiger partial charge in [0, 0.05) is 32.8 Å². The molecule has 0 bridgehead atoms. The van der Waals surface area contributed by atoms with Crippen molar-refractivity contribution < 1.29 is 8.83 Å². The lowest BCUT2D eigenvalue weighted by atomic mass is 9.96. The molecule has 0 spiro atoms. The summed E-state index contributed by atoms with van der Waals surface area (Å²) in [6.07, 6.45) is 0. The highest BCUT2D eigenvalue weighted by atomic mass is 16.3. The third-order valence-electron chi connectivity index (χ3n) is 9.89. The van der Waals surface area contributed by atoms with E-state index in [1.54, 1.807) is 0 Å². The summed E-state index contributed by atoms with van der Waals surface area (Å²) < 4.78 is 13.8. The molecular formula is C48H31NO2. The summed E-state index contributed by atoms with van der Waals surface area (Å²) >= 11 is 0. The first kappa shape index (κ1) is 29.1. The highest BCUT2D eigenvalue weighted by Crippen LogP contribution is 2.51. The molecule has 2 heterocycles. The summed E-state index contributed by atoms with van der Waals surface area (Å²) in [5.74, 6) is 0. The maximum Gasteiger partial charge on any atom is 0.160 e. The van der Waals surface area contributed by atoms with Gasteiger partial charge in [-0.25, -0.2) is 0 Å². The number of rotatable bonds is 6. The summed E-state index contributed by atoms with van der Waals surface area (Å²) in [6.45, 7) is 0. The first-order chi connectivity index (χ1) is 25.3. The van der Waals surface area contributed by atoms with E-state index in [0.717, 1.165) is 88.8 Å². The lowest BCUT2D eigenvalue weighted by molar-refractivity contribution is 0.666. The Hall–Kier alpha value is -6.84. The zero-order valence-corrected chi connectivity index (χ0v) is 27.7. The van der Waals surface area contributed by atoms with Gasteiger partial charge >= 0.3 is 0 Å². The van der Waals surface area contributed by atoms with E-state index in [1.165, 1.54) is 5.56 Å². The maximum atomic E-state index is 6.91. The number of furan rings is 2. The van der Waals surface area contributed by atoms with Crippen LogP contribution in [0.15, 0.2) is 197 Å². The van der Waals surface area contributed by atoms with Crippen LogP contribution in [0.2, 0.25) is 0 Å². The molecule has 10 aromatic rings. The van der Waals surface area contributed by atoms with Gasteiger partial charge in [0.2, 0.25) is 0 Å². The fourth-order valence-electron chi connectivity index (χ4n) is 7.52. The first-order valence-electron chi connectivity index (χ1n) is 17.3. The number of fused-ring (bicyclic) bond motifs is 6. The Morgan fingerprint density at radius 2 is 0.843 bits per heavy atom. The van der Waals surface area contributed by atoms with E-state index in [4.69, 9.17) is 8.83 Å². The summed E-state index contributed by atoms with van der Waals surface area (Å²) in [5, 5.41) is 4.31. The van der Waals surface area contributed by atoms with E-state index in [9.17, 15) is 0 Å². The Kier molecular flexibility index (Phi) is 6.81. The van der Waals surface area contributed by atoms with Crippen molar-refractivity contribution in [1.29, 1.82) is 0 Å². The lowest BCUT2D eigenvalue weighted by Gasteiger charge is -2.28. The van der Waals surface area contributed by atoms with Crippen molar-refractivity contribution in [3.8, 4) is 33.4 Å². The highest BCUT2D eigenvalue weighted by Gasteiger charge is 2.27. The van der Waals surface area contributed by atoms with Gasteiger partial charge in [-0.05, 0) is 64.2 Å². The van der Waals surface area contributed by atoms with Crippen LogP contribution >= 0.6 is 0 Å². The van der Waals surface area contributed by atoms with Crippen LogP contribution in [-0.2, 0) is 0 Å². The quantitative estimate of drug-likeness (QED) is 0.179. The van der Waals surface area contributed by atoms with Gasteiger partial charge in [0.05, 0.1) is 11.4 Å². The second kappa shape index (κ2) is 11.9. The molecule has 10 rings (SSSR count). The second-order valence-corrected chi connectivity index (χ2v) is 12.9. The second-order valence-electron chi connectivity index (χ2n) is 12.9. The van der Waals surface area contributed by atoms with Crippen LogP contribution in [0.4, 0.5) is 17.1 Å². The molecule has 0 saturated carbocycles. The number of hydrogen-bond acceptors (Lipinski definition) is 3. The molecule has 0 saturated heterocycles. The lowest BCUT2D eigenvalue weighted by Crippen LogP contribution is -2.12. The molecule has 51 heavy (non-hydrogen) atoms. The molecule has 8 aromatic carbocycles. The van der Waals surface area contributed by atoms with E-state index in [1.807, 2.05) is 18.2 Å². The normalized spacial score (nSPS) is 11.5. The highest BCUT2D eigenvalue weighted by molar-refractivity contribution is 6.19. The van der Waals surface area contributed by atoms with E-state index in [0.29, 0.717) is 0 Å². The third kappa shape index (κ3) is 4.82. The number of para-hydroxylation sites is 2. The minimum Gasteiger partial charge on any atom is -0.454 e. The van der Waals surface area contributed by atoms with E-state index < -0.39 is 0 Å². The van der Waals surface area contributed by atoms with Gasteiger partial charge in [0.1, 0.15) is 11.2 Å². The van der Waals surface area contributed by atoms with E-state index in [2.05, 4.69) is 175 Å². The number of hydrogen-bond donors (Lipinski definition) is 0. The largest absolute Gasteiger partial charge is 0.454 e. The Morgan fingerprint density at radius 3 is 1.53 bits per heavy atom. The van der Waals surface area contributed by atoms with Crippen molar-refractivity contribution in [1.82, 2.24) is 0 Å². The zero-order chi connectivity index (χ0) is 33.7. The van der Waals surface area contributed by atoms with Crippen molar-refractivity contribution in [2.75, 3.05) is 4.90 Å². The zero-order valence-electron chi connectivity index (χ0n) is 27.7. The molecule has 240 valence electrons. The van der Waals surface area contributed by atoms with Crippen LogP contribution in [0.5, 0.6) is 0 Å². The summed E-state index contributed by atoms with van der Waals surface area (Å²) in [7, 11) is 0. The number of anilines is 3. The molecule has 0 aliphatic rings. The van der Waals surface area contributed by atoms with Crippen LogP contribution in [0, 0.1) is 0 Å². The van der Waals surface area contributed by atoms with Crippen molar-refractivity contribution >= 4 is 60.9 Å². The maximum absolute atomic E-state index is 6.91. The van der Waals surface area contributed by atoms with E-state index >= 15 is 0 Å². The molecule has 3 nitrogen and oxygen atoms in total. The molecule has 0 unspecified atom stereocenters. The molecule has 0 N–H and O–H groups in total. The fraction of sp³-hybridized carbons (Fsp3) is 0. The average Bonchev–Trinajstić information content (AvgIpc) is 3.79. The molecule has 2 aromatic heterocycles. The van der Waals surface area contributed by atoms with Crippen LogP contribution in [0.25, 0.3) is 77.3 Å². The fourth-order valence-corrected chi connectivity index (χ4v) is 7.52. The van der Waals surface area contributed by atoms with Gasteiger partial charge in [-0.1, -0.05) is 152 Å². The van der Waals surface area contributed by atoms with E-state index in [-0.39, 0.29) is 0 Å². The van der Waals surface area contributed by atoms with Crippen molar-refractivity contribution in [2.45, 2.75) is 0 Å². The third-order valence-corrected chi connectivity index (χ3v) is 9.89. The first-order valence-corrected chi connectivity index (χ1v) is 17.3. The van der Waals surface area contributed by atoms with Gasteiger partial charge < -0.3 is 13.7 Å². The molecule has 0 fully saturated rings. The van der Waals surface area contributed by atoms with Crippen LogP contribution in [-0.4, -0.2) is 0 Å². The Bertz CT molecular complexity index is 2830. The smallest absolute Gasteiger partial charge is 0.160 e. The van der Waals surface area contributed by atoms with Gasteiger partial charge in [-0.3, -0.25) is 0 Å². The Labute approximate surface area is 295 Å². The van der Waals surface area contributed by atoms with Gasteiger partial charge in [0.25, 0.3) is 0 Å². The standard InChI is InChI=1S/C48H31NO2/c1-4-14-32(15-5-1)33-24-26-36(27-25-33)49(42-31-30-37(34-16-6-2-7-17-34)45-41-21-11-13-23-44(41)51-48(42)45)46-38(35-18-8-3-9-19-35)28-29-40-39-20-10-12-22-43(39)50-47(40)46/h1-31H. The molecule has 3 heteroatoms. The monoisotopic (exact) mass is 653 g/mol. The molecule has 0 radical (unpaired) electrons. The Morgan fingerprint density at radius 1 is 0.333 bits per heavy atom.